The third-order valence-corrected chi connectivity index (χ3v) is 10.3. The minimum Gasteiger partial charge on any atom is -0.336 e. The van der Waals surface area contributed by atoms with E-state index >= 15 is 0 Å². The van der Waals surface area contributed by atoms with Gasteiger partial charge in [0.05, 0.1) is 16.4 Å². The third-order valence-electron chi connectivity index (χ3n) is 6.63. The van der Waals surface area contributed by atoms with Crippen LogP contribution >= 0.6 is 0 Å². The van der Waals surface area contributed by atoms with Crippen molar-refractivity contribution in [3.63, 3.8) is 0 Å². The number of amides is 1. The SMILES string of the molecule is O=C(c1ccc(S(=O)(=O)N2CCCCCC2)cc1)N1CCN([C@H]2CCS(=O)(=O)C2)CC1. The average Bonchev–Trinajstić information content (AvgIpc) is 2.96. The number of piperazine rings is 1. The Morgan fingerprint density at radius 1 is 0.871 bits per heavy atom. The van der Waals surface area contributed by atoms with E-state index in [-0.39, 0.29) is 28.4 Å². The van der Waals surface area contributed by atoms with Gasteiger partial charge in [0.1, 0.15) is 0 Å². The van der Waals surface area contributed by atoms with Crippen molar-refractivity contribution in [2.45, 2.75) is 43.0 Å². The minimum absolute atomic E-state index is 0.0609. The average molecular weight is 470 g/mol. The number of carbonyl (C=O) groups is 1. The zero-order chi connectivity index (χ0) is 22.1. The number of sulfone groups is 1. The van der Waals surface area contributed by atoms with E-state index in [1.807, 2.05) is 0 Å². The van der Waals surface area contributed by atoms with Crippen LogP contribution in [0.25, 0.3) is 0 Å². The second kappa shape index (κ2) is 9.17. The molecule has 3 fully saturated rings. The van der Waals surface area contributed by atoms with Crippen molar-refractivity contribution < 1.29 is 21.6 Å². The highest BCUT2D eigenvalue weighted by atomic mass is 32.2. The molecule has 0 bridgehead atoms. The number of nitrogens with zero attached hydrogens (tertiary/aromatic N) is 3. The standard InChI is InChI=1S/C21H31N3O5S2/c25-21(23-14-12-22(13-15-23)19-9-16-30(26,27)17-19)18-5-7-20(8-6-18)31(28,29)24-10-3-1-2-4-11-24/h5-8,19H,1-4,9-17H2/t19-/m0/s1. The fourth-order valence-corrected chi connectivity index (χ4v) is 8.02. The van der Waals surface area contributed by atoms with Gasteiger partial charge in [-0.25, -0.2) is 16.8 Å². The molecule has 31 heavy (non-hydrogen) atoms. The van der Waals surface area contributed by atoms with Gasteiger partial charge in [-0.05, 0) is 43.5 Å². The number of rotatable bonds is 4. The minimum atomic E-state index is -3.53. The number of hydrogen-bond acceptors (Lipinski definition) is 6. The van der Waals surface area contributed by atoms with Gasteiger partial charge < -0.3 is 4.90 Å². The van der Waals surface area contributed by atoms with Crippen molar-refractivity contribution in [3.05, 3.63) is 29.8 Å². The molecule has 0 radical (unpaired) electrons. The molecule has 0 spiro atoms. The summed E-state index contributed by atoms with van der Waals surface area (Å²) < 4.78 is 50.8. The van der Waals surface area contributed by atoms with Gasteiger partial charge in [0.2, 0.25) is 10.0 Å². The smallest absolute Gasteiger partial charge is 0.253 e. The summed E-state index contributed by atoms with van der Waals surface area (Å²) in [6, 6.07) is 6.33. The molecule has 172 valence electrons. The monoisotopic (exact) mass is 469 g/mol. The van der Waals surface area contributed by atoms with Crippen LogP contribution in [-0.2, 0) is 19.9 Å². The van der Waals surface area contributed by atoms with Gasteiger partial charge in [0, 0.05) is 50.9 Å². The van der Waals surface area contributed by atoms with Gasteiger partial charge in [-0.15, -0.1) is 0 Å². The van der Waals surface area contributed by atoms with Crippen molar-refractivity contribution >= 4 is 25.8 Å². The van der Waals surface area contributed by atoms with Crippen LogP contribution in [0.4, 0.5) is 0 Å². The van der Waals surface area contributed by atoms with Gasteiger partial charge in [-0.3, -0.25) is 9.69 Å². The summed E-state index contributed by atoms with van der Waals surface area (Å²) in [5, 5.41) is 0. The van der Waals surface area contributed by atoms with Crippen molar-refractivity contribution in [1.29, 1.82) is 0 Å². The highest BCUT2D eigenvalue weighted by Crippen LogP contribution is 2.22. The van der Waals surface area contributed by atoms with Crippen LogP contribution in [0.5, 0.6) is 0 Å². The number of sulfonamides is 1. The molecule has 8 nitrogen and oxygen atoms in total. The first-order valence-corrected chi connectivity index (χ1v) is 14.4. The summed E-state index contributed by atoms with van der Waals surface area (Å²) in [5.74, 6) is 0.356. The molecule has 1 atom stereocenters. The van der Waals surface area contributed by atoms with Gasteiger partial charge in [-0.2, -0.15) is 4.31 Å². The first kappa shape index (κ1) is 22.7. The lowest BCUT2D eigenvalue weighted by Crippen LogP contribution is -2.52. The quantitative estimate of drug-likeness (QED) is 0.658. The van der Waals surface area contributed by atoms with E-state index in [0.29, 0.717) is 51.3 Å². The molecule has 0 saturated carbocycles. The molecule has 3 aliphatic rings. The summed E-state index contributed by atoms with van der Waals surface area (Å²) in [5.41, 5.74) is 0.478. The topological polar surface area (TPSA) is 95.1 Å². The van der Waals surface area contributed by atoms with Gasteiger partial charge in [-0.1, -0.05) is 12.8 Å². The number of benzene rings is 1. The Morgan fingerprint density at radius 3 is 2.03 bits per heavy atom. The predicted molar refractivity (Wildman–Crippen MR) is 118 cm³/mol. The Kier molecular flexibility index (Phi) is 6.71. The molecule has 0 aromatic heterocycles. The molecule has 4 rings (SSSR count). The maximum Gasteiger partial charge on any atom is 0.253 e. The number of hydrogen-bond donors (Lipinski definition) is 0. The molecular weight excluding hydrogens is 438 g/mol. The molecule has 0 N–H and O–H groups in total. The molecule has 1 aromatic carbocycles. The first-order valence-electron chi connectivity index (χ1n) is 11.1. The highest BCUT2D eigenvalue weighted by Gasteiger charge is 2.34. The summed E-state index contributed by atoms with van der Waals surface area (Å²) in [4.78, 5) is 17.1. The molecule has 3 saturated heterocycles. The summed E-state index contributed by atoms with van der Waals surface area (Å²) in [7, 11) is -6.45. The van der Waals surface area contributed by atoms with Crippen LogP contribution in [0.1, 0.15) is 42.5 Å². The summed E-state index contributed by atoms with van der Waals surface area (Å²) in [6.45, 7) is 3.51. The van der Waals surface area contributed by atoms with Gasteiger partial charge in [0.15, 0.2) is 9.84 Å². The fraction of sp³-hybridized carbons (Fsp3) is 0.667. The van der Waals surface area contributed by atoms with Crippen LogP contribution in [0.3, 0.4) is 0 Å². The molecular formula is C21H31N3O5S2. The van der Waals surface area contributed by atoms with Gasteiger partial charge in [0.25, 0.3) is 5.91 Å². The molecule has 1 aromatic rings. The normalized spacial score (nSPS) is 25.9. The third kappa shape index (κ3) is 5.13. The van der Waals surface area contributed by atoms with Gasteiger partial charge >= 0.3 is 0 Å². The zero-order valence-corrected chi connectivity index (χ0v) is 19.4. The van der Waals surface area contributed by atoms with Crippen molar-refractivity contribution in [2.24, 2.45) is 0 Å². The Bertz CT molecular complexity index is 992. The zero-order valence-electron chi connectivity index (χ0n) is 17.8. The molecule has 10 heteroatoms. The van der Waals surface area contributed by atoms with E-state index in [1.54, 1.807) is 21.3 Å². The highest BCUT2D eigenvalue weighted by molar-refractivity contribution is 7.91. The van der Waals surface area contributed by atoms with Crippen LogP contribution in [-0.4, -0.2) is 93.7 Å². The van der Waals surface area contributed by atoms with Crippen molar-refractivity contribution in [2.75, 3.05) is 50.8 Å². The molecule has 1 amide bonds. The van der Waals surface area contributed by atoms with E-state index in [9.17, 15) is 21.6 Å². The van der Waals surface area contributed by atoms with Crippen molar-refractivity contribution in [1.82, 2.24) is 14.1 Å². The largest absolute Gasteiger partial charge is 0.336 e. The lowest BCUT2D eigenvalue weighted by atomic mass is 10.1. The van der Waals surface area contributed by atoms with Crippen LogP contribution in [0.2, 0.25) is 0 Å². The lowest BCUT2D eigenvalue weighted by molar-refractivity contribution is 0.0587. The summed E-state index contributed by atoms with van der Waals surface area (Å²) in [6.07, 6.45) is 4.55. The second-order valence-electron chi connectivity index (χ2n) is 8.73. The fourth-order valence-electron chi connectivity index (χ4n) is 4.74. The van der Waals surface area contributed by atoms with Crippen LogP contribution in [0.15, 0.2) is 29.2 Å². The molecule has 3 heterocycles. The maximum atomic E-state index is 12.9. The number of carbonyl (C=O) groups excluding carboxylic acids is 1. The van der Waals surface area contributed by atoms with Crippen LogP contribution in [0, 0.1) is 0 Å². The molecule has 3 aliphatic heterocycles. The summed E-state index contributed by atoms with van der Waals surface area (Å²) >= 11 is 0. The molecule has 0 unspecified atom stereocenters. The van der Waals surface area contributed by atoms with Crippen molar-refractivity contribution in [3.8, 4) is 0 Å². The van der Waals surface area contributed by atoms with Crippen LogP contribution < -0.4 is 0 Å². The van der Waals surface area contributed by atoms with E-state index in [2.05, 4.69) is 4.90 Å². The molecule has 0 aliphatic carbocycles. The Labute approximate surface area is 185 Å². The Balaban J connectivity index is 1.36. The maximum absolute atomic E-state index is 12.9. The predicted octanol–water partition coefficient (Wildman–Crippen LogP) is 1.20. The second-order valence-corrected chi connectivity index (χ2v) is 12.9. The van der Waals surface area contributed by atoms with E-state index < -0.39 is 19.9 Å². The Hall–Kier alpha value is -1.49. The van der Waals surface area contributed by atoms with E-state index in [1.165, 1.54) is 12.1 Å². The van der Waals surface area contributed by atoms with E-state index in [0.717, 1.165) is 25.7 Å². The Morgan fingerprint density at radius 2 is 1.48 bits per heavy atom. The van der Waals surface area contributed by atoms with E-state index in [4.69, 9.17) is 0 Å². The first-order chi connectivity index (χ1) is 14.8. The lowest BCUT2D eigenvalue weighted by Gasteiger charge is -2.37.